The summed E-state index contributed by atoms with van der Waals surface area (Å²) < 4.78 is 0. The van der Waals surface area contributed by atoms with E-state index in [-0.39, 0.29) is 22.2 Å². The number of rotatable bonds is 18. The van der Waals surface area contributed by atoms with Gasteiger partial charge in [-0.1, -0.05) is 161 Å². The second-order valence-corrected chi connectivity index (χ2v) is 22.9. The van der Waals surface area contributed by atoms with Crippen molar-refractivity contribution in [2.75, 3.05) is 13.6 Å². The van der Waals surface area contributed by atoms with Crippen LogP contribution in [0, 0.1) is 34.0 Å². The molecule has 362 valence electrons. The summed E-state index contributed by atoms with van der Waals surface area (Å²) in [6.07, 6.45) is 34.1. The molecule has 0 aromatic heterocycles. The first-order chi connectivity index (χ1) is 30.9. The summed E-state index contributed by atoms with van der Waals surface area (Å²) in [6.45, 7) is 36.3. The van der Waals surface area contributed by atoms with E-state index in [0.29, 0.717) is 5.92 Å². The monoisotopic (exact) mass is 887 g/mol. The van der Waals surface area contributed by atoms with Crippen LogP contribution in [0.3, 0.4) is 0 Å². The van der Waals surface area contributed by atoms with Crippen molar-refractivity contribution in [3.8, 4) is 0 Å². The number of aliphatic imine (C=N–C) groups is 1. The van der Waals surface area contributed by atoms with Crippen molar-refractivity contribution in [1.29, 1.82) is 0 Å². The molecular formula is C61H98N4. The van der Waals surface area contributed by atoms with E-state index in [0.717, 1.165) is 133 Å². The van der Waals surface area contributed by atoms with E-state index in [1.165, 1.54) is 90.4 Å². The maximum atomic E-state index is 7.45. The zero-order valence-electron chi connectivity index (χ0n) is 43.5. The Labute approximate surface area is 400 Å². The molecule has 4 aliphatic carbocycles. The van der Waals surface area contributed by atoms with Gasteiger partial charge in [0, 0.05) is 17.2 Å². The number of aryl methyl sites for hydroxylation is 1. The zero-order chi connectivity index (χ0) is 47.5. The number of nitrogens with zero attached hydrogens (tertiary/aromatic N) is 1. The van der Waals surface area contributed by atoms with E-state index >= 15 is 0 Å². The van der Waals surface area contributed by atoms with Gasteiger partial charge in [0.1, 0.15) is 0 Å². The molecule has 6 unspecified atom stereocenters. The number of hydrogen-bond donors (Lipinski definition) is 3. The number of nitrogens with two attached hydrogens (primary N) is 2. The van der Waals surface area contributed by atoms with Crippen LogP contribution in [-0.4, -0.2) is 30.4 Å². The van der Waals surface area contributed by atoms with Crippen LogP contribution in [0.1, 0.15) is 214 Å². The molecule has 65 heavy (non-hydrogen) atoms. The molecule has 5 aliphatic rings. The van der Waals surface area contributed by atoms with E-state index in [9.17, 15) is 0 Å². The Morgan fingerprint density at radius 3 is 2.20 bits per heavy atom. The van der Waals surface area contributed by atoms with Crippen molar-refractivity contribution in [3.05, 3.63) is 102 Å². The summed E-state index contributed by atoms with van der Waals surface area (Å²) in [6, 6.07) is 9.39. The lowest BCUT2D eigenvalue weighted by atomic mass is 9.56. The predicted octanol–water partition coefficient (Wildman–Crippen LogP) is 16.1. The number of fused-ring (bicyclic) bond motifs is 1. The molecule has 0 amide bonds. The summed E-state index contributed by atoms with van der Waals surface area (Å²) in [5, 5.41) is 3.31. The fourth-order valence-electron chi connectivity index (χ4n) is 13.0. The predicted molar refractivity (Wildman–Crippen MR) is 286 cm³/mol. The first kappa shape index (κ1) is 53.2. The average Bonchev–Trinajstić information content (AvgIpc) is 3.72. The second-order valence-electron chi connectivity index (χ2n) is 22.9. The highest BCUT2D eigenvalue weighted by Crippen LogP contribution is 2.63. The van der Waals surface area contributed by atoms with Crippen LogP contribution in [0.5, 0.6) is 0 Å². The first-order valence-electron chi connectivity index (χ1n) is 27.0. The van der Waals surface area contributed by atoms with Crippen molar-refractivity contribution < 1.29 is 0 Å². The Bertz CT molecular complexity index is 1860. The zero-order valence-corrected chi connectivity index (χ0v) is 43.5. The lowest BCUT2D eigenvalue weighted by Gasteiger charge is -2.48. The van der Waals surface area contributed by atoms with Gasteiger partial charge in [-0.25, -0.2) is 0 Å². The van der Waals surface area contributed by atoms with Gasteiger partial charge in [-0.2, -0.15) is 0 Å². The van der Waals surface area contributed by atoms with Gasteiger partial charge >= 0.3 is 0 Å². The number of unbranched alkanes of at least 4 members (excludes halogenated alkanes) is 1. The number of benzene rings is 1. The van der Waals surface area contributed by atoms with Crippen LogP contribution in [0.15, 0.2) is 95.7 Å². The summed E-state index contributed by atoms with van der Waals surface area (Å²) >= 11 is 0. The van der Waals surface area contributed by atoms with E-state index in [1.54, 1.807) is 0 Å². The molecule has 4 nitrogen and oxygen atoms in total. The third-order valence-corrected chi connectivity index (χ3v) is 18.7. The van der Waals surface area contributed by atoms with E-state index in [1.807, 2.05) is 7.05 Å². The molecule has 6 atom stereocenters. The second kappa shape index (κ2) is 23.5. The van der Waals surface area contributed by atoms with Crippen LogP contribution < -0.4 is 16.8 Å². The Morgan fingerprint density at radius 2 is 1.55 bits per heavy atom. The third kappa shape index (κ3) is 12.1. The quantitative estimate of drug-likeness (QED) is 0.0781. The molecule has 0 radical (unpaired) electrons. The van der Waals surface area contributed by atoms with Crippen molar-refractivity contribution in [3.63, 3.8) is 0 Å². The molecule has 1 aromatic carbocycles. The molecule has 3 saturated carbocycles. The fourth-order valence-corrected chi connectivity index (χ4v) is 13.0. The van der Waals surface area contributed by atoms with Crippen molar-refractivity contribution in [1.82, 2.24) is 5.32 Å². The highest BCUT2D eigenvalue weighted by Gasteiger charge is 2.53. The molecule has 0 spiro atoms. The van der Waals surface area contributed by atoms with Crippen LogP contribution in [-0.2, 0) is 6.42 Å². The fraction of sp³-hybridized carbons (Fsp3) is 0.689. The SMILES string of the molecule is C=CC(CCC(=C)C(C)(CC)CC)C1(C)CCCC1(C)C(=C)c1ccc(CC/C2=C/CCCCC(C)(N)C3=C2C(=C)C2CCCC2(N)C(CCCCNC)=N3)cc1.CC1CCCCCC1. The minimum atomic E-state index is -0.538. The topological polar surface area (TPSA) is 76.4 Å². The normalized spacial score (nSPS) is 30.2. The van der Waals surface area contributed by atoms with Gasteiger partial charge < -0.3 is 16.8 Å². The van der Waals surface area contributed by atoms with Crippen LogP contribution in [0.2, 0.25) is 0 Å². The Balaban J connectivity index is 0.000000893. The van der Waals surface area contributed by atoms with Crippen LogP contribution >= 0.6 is 0 Å². The number of hydrogen-bond acceptors (Lipinski definition) is 4. The molecule has 6 rings (SSSR count). The van der Waals surface area contributed by atoms with Crippen LogP contribution in [0.4, 0.5) is 0 Å². The lowest BCUT2D eigenvalue weighted by molar-refractivity contribution is 0.107. The first-order valence-corrected chi connectivity index (χ1v) is 27.0. The Kier molecular flexibility index (Phi) is 19.2. The molecule has 0 saturated heterocycles. The van der Waals surface area contributed by atoms with Crippen molar-refractivity contribution >= 4 is 11.3 Å². The highest BCUT2D eigenvalue weighted by atomic mass is 15.0. The molecule has 0 bridgehead atoms. The molecule has 3 fully saturated rings. The van der Waals surface area contributed by atoms with Gasteiger partial charge in [-0.05, 0) is 179 Å². The van der Waals surface area contributed by atoms with E-state index in [2.05, 4.69) is 103 Å². The summed E-state index contributed by atoms with van der Waals surface area (Å²) in [5.41, 5.74) is 25.4. The standard InChI is InChI=1S/C53H82N4.C8H16/c1-12-44(32-25-38(4)49(7,13-2)14-3)51(9)34-21-33-50(51,8)40(6)42-29-26-41(27-30-42)28-31-43-22-16-15-18-35-52(10,54)48-47(43)39(5)45-23-20-36-53(45,55)46(57-48)24-17-19-37-56-11;1-8-6-4-2-3-5-7-8/h12,22,26-27,29-30,44-45,56H,1,4-6,13-21,23-25,28,31-37,54-55H2,2-3,7-11H3;8H,2-7H2,1H3/b43-22-;. The third-order valence-electron chi connectivity index (χ3n) is 18.7. The van der Waals surface area contributed by atoms with Gasteiger partial charge in [0.05, 0.1) is 16.8 Å². The maximum Gasteiger partial charge on any atom is 0.0677 e. The summed E-state index contributed by atoms with van der Waals surface area (Å²) in [4.78, 5) is 5.61. The molecule has 4 heteroatoms. The lowest BCUT2D eigenvalue weighted by Crippen LogP contribution is -2.51. The molecule has 5 N–H and O–H groups in total. The largest absolute Gasteiger partial charge is 0.320 e. The minimum Gasteiger partial charge on any atom is -0.320 e. The molecular weight excluding hydrogens is 789 g/mol. The minimum absolute atomic E-state index is 0.00197. The van der Waals surface area contributed by atoms with Gasteiger partial charge in [0.25, 0.3) is 0 Å². The van der Waals surface area contributed by atoms with Gasteiger partial charge in [-0.15, -0.1) is 6.58 Å². The Hall–Kier alpha value is -2.79. The van der Waals surface area contributed by atoms with Gasteiger partial charge in [0.15, 0.2) is 0 Å². The van der Waals surface area contributed by atoms with Crippen molar-refractivity contribution in [2.24, 2.45) is 50.5 Å². The molecule has 1 aliphatic heterocycles. The van der Waals surface area contributed by atoms with Crippen LogP contribution in [0.25, 0.3) is 5.57 Å². The Morgan fingerprint density at radius 1 is 0.862 bits per heavy atom. The maximum absolute atomic E-state index is 7.45. The van der Waals surface area contributed by atoms with E-state index < -0.39 is 11.1 Å². The average molecular weight is 887 g/mol. The summed E-state index contributed by atoms with van der Waals surface area (Å²) in [5.74, 6) is 1.64. The summed E-state index contributed by atoms with van der Waals surface area (Å²) in [7, 11) is 2.03. The number of allylic oxidation sites excluding steroid dienone is 6. The van der Waals surface area contributed by atoms with Gasteiger partial charge in [-0.3, -0.25) is 4.99 Å². The number of nitrogens with one attached hydrogen (secondary N) is 1. The highest BCUT2D eigenvalue weighted by molar-refractivity contribution is 5.96. The van der Waals surface area contributed by atoms with E-state index in [4.69, 9.17) is 29.6 Å². The molecule has 1 aromatic rings. The smallest absolute Gasteiger partial charge is 0.0677 e. The molecule has 1 heterocycles. The van der Waals surface area contributed by atoms with Gasteiger partial charge in [0.2, 0.25) is 0 Å². The van der Waals surface area contributed by atoms with Crippen molar-refractivity contribution in [2.45, 2.75) is 220 Å².